The van der Waals surface area contributed by atoms with Gasteiger partial charge >= 0.3 is 0 Å². The van der Waals surface area contributed by atoms with E-state index in [1.807, 2.05) is 13.8 Å². The average Bonchev–Trinajstić information content (AvgIpc) is 2.61. The smallest absolute Gasteiger partial charge is 0.253 e. The topological polar surface area (TPSA) is 61.4 Å². The molecule has 1 aromatic rings. The summed E-state index contributed by atoms with van der Waals surface area (Å²) in [6.45, 7) is 4.71. The molecule has 1 atom stereocenters. The Morgan fingerprint density at radius 2 is 1.86 bits per heavy atom. The van der Waals surface area contributed by atoms with Crippen LogP contribution in [-0.4, -0.2) is 54.9 Å². The molecule has 1 aliphatic heterocycles. The molecule has 1 unspecified atom stereocenters. The first-order valence-corrected chi connectivity index (χ1v) is 10.5. The SMILES string of the molecule is CC(C)CC(NC(=O)c1ccc(Cl)cc1Cl)C(=O)NC1CCN(CC(F)F)CC1. The van der Waals surface area contributed by atoms with Crippen LogP contribution in [0.3, 0.4) is 0 Å². The molecule has 0 saturated carbocycles. The van der Waals surface area contributed by atoms with E-state index in [-0.39, 0.29) is 35.0 Å². The van der Waals surface area contributed by atoms with Crippen LogP contribution in [0.25, 0.3) is 0 Å². The predicted octanol–water partition coefficient (Wildman–Crippen LogP) is 3.98. The molecule has 1 aromatic carbocycles. The lowest BCUT2D eigenvalue weighted by atomic mass is 10.0. The lowest BCUT2D eigenvalue weighted by Crippen LogP contribution is -2.52. The van der Waals surface area contributed by atoms with E-state index >= 15 is 0 Å². The van der Waals surface area contributed by atoms with Crippen LogP contribution in [0, 0.1) is 5.92 Å². The minimum atomic E-state index is -2.36. The molecule has 29 heavy (non-hydrogen) atoms. The van der Waals surface area contributed by atoms with Crippen molar-refractivity contribution in [3.8, 4) is 0 Å². The number of carbonyl (C=O) groups is 2. The molecular weight excluding hydrogens is 423 g/mol. The lowest BCUT2D eigenvalue weighted by molar-refractivity contribution is -0.124. The van der Waals surface area contributed by atoms with Crippen LogP contribution >= 0.6 is 23.2 Å². The number of hydrogen-bond acceptors (Lipinski definition) is 3. The summed E-state index contributed by atoms with van der Waals surface area (Å²) >= 11 is 12.0. The van der Waals surface area contributed by atoms with E-state index in [0.717, 1.165) is 0 Å². The van der Waals surface area contributed by atoms with Gasteiger partial charge in [-0.1, -0.05) is 37.0 Å². The zero-order chi connectivity index (χ0) is 21.6. The minimum absolute atomic E-state index is 0.0953. The van der Waals surface area contributed by atoms with Gasteiger partial charge in [0.2, 0.25) is 5.91 Å². The molecule has 1 heterocycles. The third-order valence-corrected chi connectivity index (χ3v) is 5.38. The second-order valence-electron chi connectivity index (χ2n) is 7.75. The van der Waals surface area contributed by atoms with Gasteiger partial charge in [0, 0.05) is 24.2 Å². The number of nitrogens with one attached hydrogen (secondary N) is 2. The molecule has 2 rings (SSSR count). The summed E-state index contributed by atoms with van der Waals surface area (Å²) in [5.41, 5.74) is 0.248. The Kier molecular flexibility index (Phi) is 9.11. The Bertz CT molecular complexity index is 711. The van der Waals surface area contributed by atoms with Gasteiger partial charge in [-0.2, -0.15) is 0 Å². The lowest BCUT2D eigenvalue weighted by Gasteiger charge is -2.33. The van der Waals surface area contributed by atoms with Crippen LogP contribution < -0.4 is 10.6 Å². The molecule has 2 amide bonds. The Morgan fingerprint density at radius 1 is 1.21 bits per heavy atom. The number of amides is 2. The Hall–Kier alpha value is -1.44. The number of halogens is 4. The fraction of sp³-hybridized carbons (Fsp3) is 0.600. The predicted molar refractivity (Wildman–Crippen MR) is 111 cm³/mol. The van der Waals surface area contributed by atoms with Gasteiger partial charge in [0.1, 0.15) is 6.04 Å². The molecule has 0 aromatic heterocycles. The third kappa shape index (κ3) is 7.72. The van der Waals surface area contributed by atoms with Crippen molar-refractivity contribution in [1.29, 1.82) is 0 Å². The molecule has 0 radical (unpaired) electrons. The van der Waals surface area contributed by atoms with Crippen LogP contribution in [0.5, 0.6) is 0 Å². The van der Waals surface area contributed by atoms with E-state index in [1.165, 1.54) is 12.1 Å². The van der Waals surface area contributed by atoms with Gasteiger partial charge in [0.25, 0.3) is 12.3 Å². The second kappa shape index (κ2) is 11.1. The van der Waals surface area contributed by atoms with Gasteiger partial charge in [0.15, 0.2) is 0 Å². The zero-order valence-electron chi connectivity index (χ0n) is 16.6. The first-order chi connectivity index (χ1) is 13.7. The van der Waals surface area contributed by atoms with Gasteiger partial charge in [-0.25, -0.2) is 8.78 Å². The van der Waals surface area contributed by atoms with Crippen LogP contribution in [0.1, 0.15) is 43.5 Å². The standard InChI is InChI=1S/C20H27Cl2F2N3O2/c1-12(2)9-17(26-19(28)15-4-3-13(21)10-16(15)22)20(29)25-14-5-7-27(8-6-14)11-18(23)24/h3-4,10,12,14,17-18H,5-9,11H2,1-2H3,(H,25,29)(H,26,28). The molecule has 1 fully saturated rings. The highest BCUT2D eigenvalue weighted by Crippen LogP contribution is 2.21. The van der Waals surface area contributed by atoms with E-state index in [0.29, 0.717) is 37.4 Å². The van der Waals surface area contributed by atoms with E-state index in [4.69, 9.17) is 23.2 Å². The number of alkyl halides is 2. The van der Waals surface area contributed by atoms with Gasteiger partial charge in [-0.05, 0) is 43.4 Å². The molecule has 9 heteroatoms. The van der Waals surface area contributed by atoms with Crippen molar-refractivity contribution in [3.63, 3.8) is 0 Å². The Labute approximate surface area is 180 Å². The molecule has 0 spiro atoms. The number of carbonyl (C=O) groups excluding carboxylic acids is 2. The van der Waals surface area contributed by atoms with E-state index in [9.17, 15) is 18.4 Å². The molecule has 5 nitrogen and oxygen atoms in total. The fourth-order valence-corrected chi connectivity index (χ4v) is 3.86. The van der Waals surface area contributed by atoms with Crippen molar-refractivity contribution in [2.75, 3.05) is 19.6 Å². The van der Waals surface area contributed by atoms with Crippen LogP contribution in [0.15, 0.2) is 18.2 Å². The summed E-state index contributed by atoms with van der Waals surface area (Å²) in [5.74, 6) is -0.539. The summed E-state index contributed by atoms with van der Waals surface area (Å²) in [7, 11) is 0. The van der Waals surface area contributed by atoms with Crippen LogP contribution in [0.2, 0.25) is 10.0 Å². The highest BCUT2D eigenvalue weighted by molar-refractivity contribution is 6.36. The number of nitrogens with zero attached hydrogens (tertiary/aromatic N) is 1. The fourth-order valence-electron chi connectivity index (χ4n) is 3.37. The average molecular weight is 450 g/mol. The molecular formula is C20H27Cl2F2N3O2. The van der Waals surface area contributed by atoms with Crippen molar-refractivity contribution in [2.24, 2.45) is 5.92 Å². The maximum atomic E-state index is 12.8. The largest absolute Gasteiger partial charge is 0.351 e. The Morgan fingerprint density at radius 3 is 2.41 bits per heavy atom. The minimum Gasteiger partial charge on any atom is -0.351 e. The first kappa shape index (κ1) is 23.8. The summed E-state index contributed by atoms with van der Waals surface area (Å²) in [4.78, 5) is 27.1. The van der Waals surface area contributed by atoms with Crippen molar-refractivity contribution in [2.45, 2.75) is 51.6 Å². The van der Waals surface area contributed by atoms with Crippen molar-refractivity contribution < 1.29 is 18.4 Å². The van der Waals surface area contributed by atoms with E-state index in [1.54, 1.807) is 11.0 Å². The Balaban J connectivity index is 1.96. The van der Waals surface area contributed by atoms with Gasteiger partial charge < -0.3 is 10.6 Å². The summed E-state index contributed by atoms with van der Waals surface area (Å²) < 4.78 is 25.0. The highest BCUT2D eigenvalue weighted by atomic mass is 35.5. The quantitative estimate of drug-likeness (QED) is 0.630. The summed E-state index contributed by atoms with van der Waals surface area (Å²) in [6, 6.07) is 3.74. The molecule has 162 valence electrons. The number of benzene rings is 1. The molecule has 1 aliphatic rings. The molecule has 0 aliphatic carbocycles. The summed E-state index contributed by atoms with van der Waals surface area (Å²) in [6.07, 6.45) is -0.688. The monoisotopic (exact) mass is 449 g/mol. The summed E-state index contributed by atoms with van der Waals surface area (Å²) in [5, 5.41) is 6.35. The van der Waals surface area contributed by atoms with Gasteiger partial charge in [-0.15, -0.1) is 0 Å². The van der Waals surface area contributed by atoms with Crippen LogP contribution in [-0.2, 0) is 4.79 Å². The first-order valence-electron chi connectivity index (χ1n) is 9.72. The molecule has 1 saturated heterocycles. The zero-order valence-corrected chi connectivity index (χ0v) is 18.1. The number of likely N-dealkylation sites (tertiary alicyclic amines) is 1. The van der Waals surface area contributed by atoms with Gasteiger partial charge in [-0.3, -0.25) is 14.5 Å². The molecule has 2 N–H and O–H groups in total. The molecule has 0 bridgehead atoms. The van der Waals surface area contributed by atoms with Crippen molar-refractivity contribution in [1.82, 2.24) is 15.5 Å². The normalized spacial score (nSPS) is 16.8. The number of piperidine rings is 1. The van der Waals surface area contributed by atoms with E-state index < -0.39 is 18.4 Å². The van der Waals surface area contributed by atoms with Gasteiger partial charge in [0.05, 0.1) is 17.1 Å². The maximum Gasteiger partial charge on any atom is 0.253 e. The number of hydrogen-bond donors (Lipinski definition) is 2. The van der Waals surface area contributed by atoms with Crippen molar-refractivity contribution >= 4 is 35.0 Å². The second-order valence-corrected chi connectivity index (χ2v) is 8.60. The van der Waals surface area contributed by atoms with E-state index in [2.05, 4.69) is 10.6 Å². The van der Waals surface area contributed by atoms with Crippen LogP contribution in [0.4, 0.5) is 8.78 Å². The third-order valence-electron chi connectivity index (χ3n) is 4.83. The number of rotatable bonds is 8. The van der Waals surface area contributed by atoms with Crippen molar-refractivity contribution in [3.05, 3.63) is 33.8 Å². The maximum absolute atomic E-state index is 12.8. The highest BCUT2D eigenvalue weighted by Gasteiger charge is 2.27.